The zero-order valence-electron chi connectivity index (χ0n) is 7.99. The van der Waals surface area contributed by atoms with E-state index in [1.807, 2.05) is 0 Å². The van der Waals surface area contributed by atoms with E-state index in [9.17, 15) is 4.79 Å². The number of hydrogen-bond acceptors (Lipinski definition) is 3. The molecule has 1 unspecified atom stereocenters. The van der Waals surface area contributed by atoms with Gasteiger partial charge < -0.3 is 14.3 Å². The van der Waals surface area contributed by atoms with Gasteiger partial charge in [-0.15, -0.1) is 0 Å². The molecule has 76 valence electrons. The van der Waals surface area contributed by atoms with Gasteiger partial charge in [0.25, 0.3) is 0 Å². The number of hydrogen-bond donors (Lipinski definition) is 0. The van der Waals surface area contributed by atoms with Crippen LogP contribution < -0.4 is 4.74 Å². The van der Waals surface area contributed by atoms with E-state index in [1.165, 1.54) is 14.2 Å². The number of benzene rings is 1. The highest BCUT2D eigenvalue weighted by Crippen LogP contribution is 2.32. The second-order valence-electron chi connectivity index (χ2n) is 2.65. The predicted octanol–water partition coefficient (Wildman–Crippen LogP) is 2.23. The molecular weight excluding hydrogens is 204 g/mol. The van der Waals surface area contributed by atoms with Crippen molar-refractivity contribution in [3.63, 3.8) is 0 Å². The molecule has 1 aromatic carbocycles. The molecule has 0 heterocycles. The topological polar surface area (TPSA) is 35.5 Å². The molecule has 1 rings (SSSR count). The molecule has 1 aromatic rings. The first-order valence-electron chi connectivity index (χ1n) is 4.05. The maximum Gasteiger partial charge on any atom is 0.153 e. The van der Waals surface area contributed by atoms with Gasteiger partial charge in [0.15, 0.2) is 6.29 Å². The fourth-order valence-corrected chi connectivity index (χ4v) is 1.48. The maximum atomic E-state index is 10.7. The van der Waals surface area contributed by atoms with Crippen LogP contribution in [-0.4, -0.2) is 20.5 Å². The van der Waals surface area contributed by atoms with E-state index < -0.39 is 6.10 Å². The smallest absolute Gasteiger partial charge is 0.153 e. The monoisotopic (exact) mass is 214 g/mol. The van der Waals surface area contributed by atoms with Crippen LogP contribution in [0.5, 0.6) is 5.75 Å². The molecule has 0 fully saturated rings. The molecule has 0 N–H and O–H groups in total. The van der Waals surface area contributed by atoms with Crippen molar-refractivity contribution in [1.29, 1.82) is 0 Å². The first kappa shape index (κ1) is 11.0. The highest BCUT2D eigenvalue weighted by atomic mass is 35.5. The number of carbonyl (C=O) groups is 1. The van der Waals surface area contributed by atoms with Crippen LogP contribution in [0.3, 0.4) is 0 Å². The molecule has 0 aliphatic carbocycles. The average Bonchev–Trinajstić information content (AvgIpc) is 2.20. The minimum atomic E-state index is -0.636. The Hall–Kier alpha value is -1.06. The van der Waals surface area contributed by atoms with Gasteiger partial charge in [-0.1, -0.05) is 23.7 Å². The molecule has 0 aliphatic heterocycles. The van der Waals surface area contributed by atoms with Crippen LogP contribution in [0.2, 0.25) is 5.02 Å². The number of halogens is 1. The Morgan fingerprint density at radius 2 is 2.14 bits per heavy atom. The Bertz CT molecular complexity index is 325. The van der Waals surface area contributed by atoms with E-state index in [-0.39, 0.29) is 0 Å². The Balaban J connectivity index is 3.18. The van der Waals surface area contributed by atoms with Crippen molar-refractivity contribution in [3.8, 4) is 5.75 Å². The molecule has 0 saturated heterocycles. The zero-order chi connectivity index (χ0) is 10.6. The number of ether oxygens (including phenoxy) is 2. The van der Waals surface area contributed by atoms with Crippen molar-refractivity contribution in [2.75, 3.05) is 14.2 Å². The highest BCUT2D eigenvalue weighted by Gasteiger charge is 2.16. The summed E-state index contributed by atoms with van der Waals surface area (Å²) in [7, 11) is 2.96. The lowest BCUT2D eigenvalue weighted by molar-refractivity contribution is -0.116. The summed E-state index contributed by atoms with van der Waals surface area (Å²) in [6, 6.07) is 5.18. The lowest BCUT2D eigenvalue weighted by Crippen LogP contribution is -2.05. The second kappa shape index (κ2) is 4.98. The van der Waals surface area contributed by atoms with Crippen molar-refractivity contribution in [2.24, 2.45) is 0 Å². The lowest BCUT2D eigenvalue weighted by Gasteiger charge is -2.13. The fraction of sp³-hybridized carbons (Fsp3) is 0.300. The standard InChI is InChI=1S/C10H11ClO3/c1-13-9(6-12)7-4-3-5-8(11)10(7)14-2/h3-6,9H,1-2H3. The first-order chi connectivity index (χ1) is 6.74. The van der Waals surface area contributed by atoms with Crippen molar-refractivity contribution >= 4 is 17.9 Å². The van der Waals surface area contributed by atoms with Gasteiger partial charge in [0.05, 0.1) is 12.1 Å². The quantitative estimate of drug-likeness (QED) is 0.721. The lowest BCUT2D eigenvalue weighted by atomic mass is 10.1. The summed E-state index contributed by atoms with van der Waals surface area (Å²) in [5, 5.41) is 0.467. The van der Waals surface area contributed by atoms with E-state index in [0.29, 0.717) is 22.6 Å². The van der Waals surface area contributed by atoms with Crippen molar-refractivity contribution in [1.82, 2.24) is 0 Å². The molecule has 0 aliphatic rings. The molecule has 4 heteroatoms. The third kappa shape index (κ3) is 2.05. The highest BCUT2D eigenvalue weighted by molar-refractivity contribution is 6.32. The summed E-state index contributed by atoms with van der Waals surface area (Å²) in [6.07, 6.45) is 0.0671. The van der Waals surface area contributed by atoms with Crippen LogP contribution in [0.1, 0.15) is 11.7 Å². The van der Waals surface area contributed by atoms with E-state index in [1.54, 1.807) is 18.2 Å². The summed E-state index contributed by atoms with van der Waals surface area (Å²) < 4.78 is 10.1. The van der Waals surface area contributed by atoms with Crippen molar-refractivity contribution in [2.45, 2.75) is 6.10 Å². The van der Waals surface area contributed by atoms with Crippen LogP contribution in [0.15, 0.2) is 18.2 Å². The van der Waals surface area contributed by atoms with Gasteiger partial charge >= 0.3 is 0 Å². The van der Waals surface area contributed by atoms with Crippen molar-refractivity contribution in [3.05, 3.63) is 28.8 Å². The third-order valence-electron chi connectivity index (χ3n) is 1.89. The number of rotatable bonds is 4. The number of para-hydroxylation sites is 1. The van der Waals surface area contributed by atoms with E-state index in [0.717, 1.165) is 0 Å². The van der Waals surface area contributed by atoms with Crippen LogP contribution in [0, 0.1) is 0 Å². The van der Waals surface area contributed by atoms with Gasteiger partial charge in [-0.2, -0.15) is 0 Å². The number of methoxy groups -OCH3 is 2. The Morgan fingerprint density at radius 3 is 2.64 bits per heavy atom. The summed E-state index contributed by atoms with van der Waals surface area (Å²) in [5.74, 6) is 0.480. The summed E-state index contributed by atoms with van der Waals surface area (Å²) in [4.78, 5) is 10.7. The van der Waals surface area contributed by atoms with Gasteiger partial charge in [-0.05, 0) is 6.07 Å². The van der Waals surface area contributed by atoms with Crippen molar-refractivity contribution < 1.29 is 14.3 Å². The zero-order valence-corrected chi connectivity index (χ0v) is 8.75. The fourth-order valence-electron chi connectivity index (χ4n) is 1.22. The van der Waals surface area contributed by atoms with E-state index >= 15 is 0 Å². The second-order valence-corrected chi connectivity index (χ2v) is 3.06. The Morgan fingerprint density at radius 1 is 1.43 bits per heavy atom. The Labute approximate surface area is 87.6 Å². The van der Waals surface area contributed by atoms with Gasteiger partial charge in [-0.25, -0.2) is 0 Å². The maximum absolute atomic E-state index is 10.7. The molecule has 0 aromatic heterocycles. The molecule has 0 amide bonds. The van der Waals surface area contributed by atoms with Crippen LogP contribution >= 0.6 is 11.6 Å². The minimum Gasteiger partial charge on any atom is -0.495 e. The van der Waals surface area contributed by atoms with Gasteiger partial charge in [0, 0.05) is 12.7 Å². The SMILES string of the molecule is COc1c(Cl)cccc1C(C=O)OC. The van der Waals surface area contributed by atoms with Gasteiger partial charge in [-0.3, -0.25) is 0 Å². The summed E-state index contributed by atoms with van der Waals surface area (Å²) >= 11 is 5.89. The van der Waals surface area contributed by atoms with E-state index in [2.05, 4.69) is 0 Å². The van der Waals surface area contributed by atoms with Crippen LogP contribution in [-0.2, 0) is 9.53 Å². The molecule has 0 spiro atoms. The molecular formula is C10H11ClO3. The first-order valence-corrected chi connectivity index (χ1v) is 4.42. The third-order valence-corrected chi connectivity index (χ3v) is 2.18. The Kier molecular flexibility index (Phi) is 3.92. The molecule has 0 saturated carbocycles. The predicted molar refractivity (Wildman–Crippen MR) is 53.8 cm³/mol. The van der Waals surface area contributed by atoms with Crippen LogP contribution in [0.4, 0.5) is 0 Å². The summed E-state index contributed by atoms with van der Waals surface area (Å²) in [6.45, 7) is 0. The molecule has 0 bridgehead atoms. The van der Waals surface area contributed by atoms with Gasteiger partial charge in [0.1, 0.15) is 11.9 Å². The minimum absolute atomic E-state index is 0.467. The number of aldehydes is 1. The van der Waals surface area contributed by atoms with Gasteiger partial charge in [0.2, 0.25) is 0 Å². The van der Waals surface area contributed by atoms with Crippen LogP contribution in [0.25, 0.3) is 0 Å². The molecule has 1 atom stereocenters. The average molecular weight is 215 g/mol. The van der Waals surface area contributed by atoms with E-state index in [4.69, 9.17) is 21.1 Å². The number of carbonyl (C=O) groups excluding carboxylic acids is 1. The molecule has 14 heavy (non-hydrogen) atoms. The largest absolute Gasteiger partial charge is 0.495 e. The molecule has 3 nitrogen and oxygen atoms in total. The molecule has 0 radical (unpaired) electrons. The summed E-state index contributed by atoms with van der Waals surface area (Å²) in [5.41, 5.74) is 0.637. The normalized spacial score (nSPS) is 12.2.